The molecule has 0 aromatic carbocycles. The molecule has 0 unspecified atom stereocenters. The summed E-state index contributed by atoms with van der Waals surface area (Å²) in [7, 11) is -1.12. The molecule has 0 radical (unpaired) electrons. The minimum atomic E-state index is -1.12. The summed E-state index contributed by atoms with van der Waals surface area (Å²) < 4.78 is 8.68. The molecule has 24 heteroatoms. The molecule has 9 heterocycles. The van der Waals surface area contributed by atoms with E-state index in [9.17, 15) is 0 Å². The maximum atomic E-state index is 5.96. The summed E-state index contributed by atoms with van der Waals surface area (Å²) in [6, 6.07) is 18.2. The van der Waals surface area contributed by atoms with E-state index in [2.05, 4.69) is 128 Å². The Morgan fingerprint density at radius 3 is 1.71 bits per heavy atom. The number of anilines is 5. The van der Waals surface area contributed by atoms with E-state index in [1.54, 1.807) is 24.7 Å². The number of fused-ring (bicyclic) bond motifs is 3. The van der Waals surface area contributed by atoms with E-state index in [1.807, 2.05) is 74.2 Å². The van der Waals surface area contributed by atoms with Crippen molar-refractivity contribution in [3.05, 3.63) is 107 Å². The monoisotopic (exact) mass is 1130 g/mol. The van der Waals surface area contributed by atoms with Crippen LogP contribution in [0.15, 0.2) is 86.6 Å². The van der Waals surface area contributed by atoms with Crippen LogP contribution < -0.4 is 16.0 Å². The fourth-order valence-electron chi connectivity index (χ4n) is 5.05. The Morgan fingerprint density at radius 1 is 0.651 bits per heavy atom. The third kappa shape index (κ3) is 15.1. The summed E-state index contributed by atoms with van der Waals surface area (Å²) >= 11 is 20.3. The zero-order valence-corrected chi connectivity index (χ0v) is 43.5. The normalized spacial score (nSPS) is 11.0. The molecule has 0 saturated heterocycles. The third-order valence-corrected chi connectivity index (χ3v) is 13.5. The fourth-order valence-corrected chi connectivity index (χ4v) is 8.66. The van der Waals surface area contributed by atoms with E-state index in [0.29, 0.717) is 17.0 Å². The van der Waals surface area contributed by atoms with Crippen LogP contribution in [0.3, 0.4) is 0 Å². The van der Waals surface area contributed by atoms with E-state index in [4.69, 9.17) is 27.1 Å². The van der Waals surface area contributed by atoms with Gasteiger partial charge in [-0.15, -0.1) is 30.6 Å². The number of nitrogens with one attached hydrogen (secondary N) is 1. The summed E-state index contributed by atoms with van der Waals surface area (Å²) in [5, 5.41) is 32.0. The lowest BCUT2D eigenvalue weighted by Crippen LogP contribution is -2.26. The van der Waals surface area contributed by atoms with Crippen LogP contribution in [0.5, 0.6) is 0 Å². The average molecular weight is 1130 g/mol. The largest absolute Gasteiger partial charge is 0.374 e. The molecule has 9 aromatic rings. The van der Waals surface area contributed by atoms with Crippen molar-refractivity contribution in [2.75, 3.05) is 29.3 Å². The predicted octanol–water partition coefficient (Wildman–Crippen LogP) is 11.8. The van der Waals surface area contributed by atoms with Gasteiger partial charge in [0.1, 0.15) is 38.5 Å². The Labute approximate surface area is 406 Å². The second kappa shape index (κ2) is 22.5. The van der Waals surface area contributed by atoms with Gasteiger partial charge in [-0.05, 0) is 129 Å². The third-order valence-electron chi connectivity index (χ3n) is 8.01. The van der Waals surface area contributed by atoms with Gasteiger partial charge in [0, 0.05) is 46.7 Å². The molecule has 9 rings (SSSR count). The van der Waals surface area contributed by atoms with Crippen molar-refractivity contribution in [3.63, 3.8) is 0 Å². The number of halogens is 4. The van der Waals surface area contributed by atoms with Gasteiger partial charge in [-0.1, -0.05) is 65.3 Å². The molecular weight excluding hydrogens is 1090 g/mol. The van der Waals surface area contributed by atoms with Crippen LogP contribution in [0.2, 0.25) is 30.8 Å². The van der Waals surface area contributed by atoms with Crippen LogP contribution in [0.1, 0.15) is 15.0 Å². The van der Waals surface area contributed by atoms with Gasteiger partial charge in [-0.25, -0.2) is 15.0 Å². The predicted molar refractivity (Wildman–Crippen MR) is 269 cm³/mol. The molecular formula is C39H39Br3ClN15OS3Si. The SMILES string of the molecule is Cc1nnc(N(COCC[Si](C)(C)C)c2ccc3ncc(Br)cc3n2)s1.Cc1nnc(N)s1.Cc1nnc(Nc2ccc3ncc(Br)cc3n2)s1.Clc1ccc2ncc(Br)cc2n1. The number of nitrogens with two attached hydrogens (primary N) is 1. The second-order valence-corrected chi connectivity index (χ2v) is 26.7. The lowest BCUT2D eigenvalue weighted by atomic mass is 10.3. The van der Waals surface area contributed by atoms with Gasteiger partial charge >= 0.3 is 0 Å². The fraction of sp³-hybridized carbons (Fsp3) is 0.231. The first-order chi connectivity index (χ1) is 30.1. The van der Waals surface area contributed by atoms with Gasteiger partial charge in [0.2, 0.25) is 15.4 Å². The first-order valence-electron chi connectivity index (χ1n) is 18.8. The average Bonchev–Trinajstić information content (AvgIpc) is 3.97. The maximum absolute atomic E-state index is 5.96. The molecule has 16 nitrogen and oxygen atoms in total. The summed E-state index contributed by atoms with van der Waals surface area (Å²) in [5.74, 6) is 1.51. The maximum Gasteiger partial charge on any atom is 0.215 e. The number of ether oxygens (including phenoxy) is 1. The molecule has 326 valence electrons. The van der Waals surface area contributed by atoms with Crippen molar-refractivity contribution in [1.29, 1.82) is 0 Å². The Morgan fingerprint density at radius 2 is 1.19 bits per heavy atom. The van der Waals surface area contributed by atoms with Crippen LogP contribution in [0.25, 0.3) is 33.1 Å². The van der Waals surface area contributed by atoms with Crippen LogP contribution in [-0.4, -0.2) is 81.9 Å². The smallest absolute Gasteiger partial charge is 0.215 e. The molecule has 0 aliphatic carbocycles. The Kier molecular flexibility index (Phi) is 17.2. The number of nitrogen functional groups attached to an aromatic ring is 1. The number of aromatic nitrogens is 12. The van der Waals surface area contributed by atoms with E-state index in [-0.39, 0.29) is 0 Å². The van der Waals surface area contributed by atoms with Gasteiger partial charge in [0.25, 0.3) is 0 Å². The van der Waals surface area contributed by atoms with Gasteiger partial charge < -0.3 is 15.8 Å². The van der Waals surface area contributed by atoms with Crippen LogP contribution in [-0.2, 0) is 4.74 Å². The van der Waals surface area contributed by atoms with E-state index < -0.39 is 8.07 Å². The molecule has 0 aliphatic rings. The number of aryl methyl sites for hydroxylation is 3. The Hall–Kier alpha value is -4.33. The molecule has 0 spiro atoms. The van der Waals surface area contributed by atoms with Crippen molar-refractivity contribution in [1.82, 2.24) is 60.5 Å². The summed E-state index contributed by atoms with van der Waals surface area (Å²) in [4.78, 5) is 28.1. The molecule has 0 amide bonds. The molecule has 0 saturated carbocycles. The van der Waals surface area contributed by atoms with Gasteiger partial charge in [-0.2, -0.15) is 0 Å². The molecule has 0 bridgehead atoms. The van der Waals surface area contributed by atoms with Crippen molar-refractivity contribution in [2.24, 2.45) is 0 Å². The van der Waals surface area contributed by atoms with Crippen LogP contribution >= 0.6 is 93.4 Å². The summed E-state index contributed by atoms with van der Waals surface area (Å²) in [6.45, 7) is 13.9. The van der Waals surface area contributed by atoms with E-state index in [1.165, 1.54) is 34.0 Å². The highest BCUT2D eigenvalue weighted by Crippen LogP contribution is 2.29. The molecule has 0 fully saturated rings. The highest BCUT2D eigenvalue weighted by atomic mass is 79.9. The zero-order chi connectivity index (χ0) is 45.1. The highest BCUT2D eigenvalue weighted by Gasteiger charge is 2.18. The molecule has 3 N–H and O–H groups in total. The summed E-state index contributed by atoms with van der Waals surface area (Å²) in [5.41, 5.74) is 10.2. The number of nitrogens with zero attached hydrogens (tertiary/aromatic N) is 13. The minimum Gasteiger partial charge on any atom is -0.374 e. The number of pyridine rings is 6. The lowest BCUT2D eigenvalue weighted by Gasteiger charge is -2.22. The Bertz CT molecular complexity index is 2880. The van der Waals surface area contributed by atoms with Crippen LogP contribution in [0, 0.1) is 20.8 Å². The van der Waals surface area contributed by atoms with Gasteiger partial charge in [-0.3, -0.25) is 19.9 Å². The second-order valence-electron chi connectivity index (χ2n) is 14.4. The molecule has 63 heavy (non-hydrogen) atoms. The first kappa shape index (κ1) is 48.1. The van der Waals surface area contributed by atoms with Gasteiger partial charge in [0.05, 0.1) is 33.1 Å². The van der Waals surface area contributed by atoms with Crippen molar-refractivity contribution < 1.29 is 4.74 Å². The van der Waals surface area contributed by atoms with Crippen LogP contribution in [0.4, 0.5) is 27.0 Å². The Balaban J connectivity index is 0.000000154. The zero-order valence-electron chi connectivity index (χ0n) is 34.6. The minimum absolute atomic E-state index is 0.402. The van der Waals surface area contributed by atoms with Gasteiger partial charge in [0.15, 0.2) is 0 Å². The number of hydrogen-bond acceptors (Lipinski definition) is 19. The molecule has 0 aliphatic heterocycles. The summed E-state index contributed by atoms with van der Waals surface area (Å²) in [6.07, 6.45) is 5.26. The van der Waals surface area contributed by atoms with Crippen molar-refractivity contribution in [2.45, 2.75) is 46.5 Å². The molecule has 9 aromatic heterocycles. The van der Waals surface area contributed by atoms with Crippen molar-refractivity contribution >= 4 is 162 Å². The van der Waals surface area contributed by atoms with E-state index >= 15 is 0 Å². The van der Waals surface area contributed by atoms with E-state index in [0.717, 1.165) is 96.1 Å². The molecule has 0 atom stereocenters. The highest BCUT2D eigenvalue weighted by molar-refractivity contribution is 9.11. The number of hydrogen-bond donors (Lipinski definition) is 2. The standard InChI is InChI=1S/C17H22BrN5OSSi.C11H8BrN5S.C8H4BrClN2.C3H5N3S/c1-12-21-22-17(25-12)23(11-24-7-8-26(2,3)4)16-6-5-14-15(20-16)9-13(18)10-19-14;1-6-16-17-11(18-6)15-10-3-2-8-9(14-10)4-7(12)5-13-8;9-5-3-7-6(11-4-5)1-2-8(10)12-7;1-2-5-6-3(4)7-2/h5-6,9-10H,7-8,11H2,1-4H3;2-5H,1H3,(H,14,15,17);1-4H;1H3,(H2,4,6). The topological polar surface area (TPSA) is 205 Å². The number of rotatable bonds is 9. The quantitative estimate of drug-likeness (QED) is 0.0597. The lowest BCUT2D eigenvalue weighted by molar-refractivity contribution is 0.153. The van der Waals surface area contributed by atoms with Crippen molar-refractivity contribution in [3.8, 4) is 0 Å². The first-order valence-corrected chi connectivity index (χ1v) is 27.7.